The van der Waals surface area contributed by atoms with Gasteiger partial charge in [-0.3, -0.25) is 24.2 Å². The summed E-state index contributed by atoms with van der Waals surface area (Å²) in [5, 5.41) is 17.0. The molecule has 0 spiro atoms. The molecular weight excluding hydrogens is 548 g/mol. The van der Waals surface area contributed by atoms with Crippen LogP contribution < -0.4 is 38.9 Å². The monoisotopic (exact) mass is 586 g/mol. The number of carboxylic acids is 1. The number of benzene rings is 1. The molecule has 0 saturated heterocycles. The Kier molecular flexibility index (Phi) is 13.4. The number of aliphatic imine (C=N–C) groups is 1. The van der Waals surface area contributed by atoms with Gasteiger partial charge in [-0.25, -0.2) is 9.78 Å². The second kappa shape index (κ2) is 17.0. The fraction of sp³-hybridized carbons (Fsp3) is 0.423. The van der Waals surface area contributed by atoms with Crippen molar-refractivity contribution in [2.75, 3.05) is 6.54 Å². The van der Waals surface area contributed by atoms with Gasteiger partial charge in [0.15, 0.2) is 5.96 Å². The number of imidazole rings is 1. The number of aromatic nitrogens is 2. The predicted molar refractivity (Wildman–Crippen MR) is 152 cm³/mol. The van der Waals surface area contributed by atoms with Gasteiger partial charge in [0.25, 0.3) is 0 Å². The summed E-state index contributed by atoms with van der Waals surface area (Å²) >= 11 is 0. The summed E-state index contributed by atoms with van der Waals surface area (Å²) < 4.78 is 0. The molecule has 228 valence electrons. The lowest BCUT2D eigenvalue weighted by atomic mass is 10.0. The van der Waals surface area contributed by atoms with E-state index in [0.29, 0.717) is 5.69 Å². The van der Waals surface area contributed by atoms with E-state index in [2.05, 4.69) is 30.9 Å². The number of nitrogens with one attached hydrogen (secondary N) is 4. The van der Waals surface area contributed by atoms with E-state index in [0.717, 1.165) is 5.56 Å². The highest BCUT2D eigenvalue weighted by molar-refractivity contribution is 5.94. The van der Waals surface area contributed by atoms with Gasteiger partial charge < -0.3 is 49.0 Å². The number of carbonyl (C=O) groups is 5. The van der Waals surface area contributed by atoms with Crippen LogP contribution in [-0.4, -0.2) is 81.3 Å². The highest BCUT2D eigenvalue weighted by Crippen LogP contribution is 2.07. The predicted octanol–water partition coefficient (Wildman–Crippen LogP) is -2.62. The number of guanidine groups is 1. The molecule has 0 aliphatic carbocycles. The summed E-state index contributed by atoms with van der Waals surface area (Å²) in [7, 11) is 0. The molecule has 13 N–H and O–H groups in total. The Hall–Kier alpha value is -4.99. The highest BCUT2D eigenvalue weighted by atomic mass is 16.4. The van der Waals surface area contributed by atoms with E-state index in [4.69, 9.17) is 22.9 Å². The third kappa shape index (κ3) is 12.0. The number of nitrogens with zero attached hydrogens (tertiary/aromatic N) is 2. The minimum Gasteiger partial charge on any atom is -0.480 e. The van der Waals surface area contributed by atoms with Crippen LogP contribution in [0.25, 0.3) is 0 Å². The lowest BCUT2D eigenvalue weighted by Crippen LogP contribution is -2.57. The molecule has 2 rings (SSSR count). The number of nitrogens with two attached hydrogens (primary N) is 4. The van der Waals surface area contributed by atoms with Gasteiger partial charge in [-0.05, 0) is 31.2 Å². The zero-order chi connectivity index (χ0) is 31.1. The van der Waals surface area contributed by atoms with Crippen LogP contribution in [0.2, 0.25) is 0 Å². The maximum absolute atomic E-state index is 13.5. The minimum absolute atomic E-state index is 0.00562. The number of amides is 4. The molecular formula is C26H38N10O6. The van der Waals surface area contributed by atoms with E-state index in [1.807, 2.05) is 30.3 Å². The van der Waals surface area contributed by atoms with Crippen LogP contribution >= 0.6 is 0 Å². The number of aliphatic carboxylic acids is 1. The molecule has 0 aliphatic rings. The molecule has 1 aromatic carbocycles. The molecule has 0 bridgehead atoms. The third-order valence-electron chi connectivity index (χ3n) is 6.12. The van der Waals surface area contributed by atoms with Crippen LogP contribution in [0.15, 0.2) is 47.8 Å². The number of aromatic amines is 1. The Morgan fingerprint density at radius 1 is 0.881 bits per heavy atom. The largest absolute Gasteiger partial charge is 0.480 e. The highest BCUT2D eigenvalue weighted by Gasteiger charge is 2.30. The SMILES string of the molecule is NC(=O)CCC(NC(=O)C(CCCN=C(N)N)NC(=O)C(Cc1cnc[nH]1)NC(=O)C(N)Cc1ccccc1)C(=O)O. The number of rotatable bonds is 18. The van der Waals surface area contributed by atoms with Crippen LogP contribution in [0.5, 0.6) is 0 Å². The summed E-state index contributed by atoms with van der Waals surface area (Å²) in [5.41, 5.74) is 23.3. The molecule has 16 nitrogen and oxygen atoms in total. The summed E-state index contributed by atoms with van der Waals surface area (Å²) in [6.45, 7) is 0.134. The van der Waals surface area contributed by atoms with Crippen molar-refractivity contribution in [3.8, 4) is 0 Å². The van der Waals surface area contributed by atoms with Gasteiger partial charge in [-0.2, -0.15) is 0 Å². The fourth-order valence-corrected chi connectivity index (χ4v) is 3.93. The molecule has 0 radical (unpaired) electrons. The molecule has 0 fully saturated rings. The van der Waals surface area contributed by atoms with E-state index >= 15 is 0 Å². The Balaban J connectivity index is 2.20. The average molecular weight is 587 g/mol. The zero-order valence-corrected chi connectivity index (χ0v) is 23.0. The van der Waals surface area contributed by atoms with E-state index < -0.39 is 53.8 Å². The molecule has 4 amide bonds. The first-order chi connectivity index (χ1) is 20.0. The van der Waals surface area contributed by atoms with Gasteiger partial charge in [0, 0.05) is 31.3 Å². The van der Waals surface area contributed by atoms with Crippen molar-refractivity contribution < 1.29 is 29.1 Å². The molecule has 42 heavy (non-hydrogen) atoms. The normalized spacial score (nSPS) is 13.5. The molecule has 2 aromatic rings. The smallest absolute Gasteiger partial charge is 0.326 e. The molecule has 4 unspecified atom stereocenters. The maximum atomic E-state index is 13.5. The third-order valence-corrected chi connectivity index (χ3v) is 6.12. The van der Waals surface area contributed by atoms with E-state index in [1.54, 1.807) is 0 Å². The molecule has 1 aromatic heterocycles. The number of primary amides is 1. The Labute approximate surface area is 242 Å². The van der Waals surface area contributed by atoms with Crippen LogP contribution in [0, 0.1) is 0 Å². The maximum Gasteiger partial charge on any atom is 0.326 e. The van der Waals surface area contributed by atoms with Crippen LogP contribution in [0.3, 0.4) is 0 Å². The summed E-state index contributed by atoms with van der Waals surface area (Å²) in [5.74, 6) is -4.42. The summed E-state index contributed by atoms with van der Waals surface area (Å²) in [6.07, 6.45) is 2.85. The van der Waals surface area contributed by atoms with E-state index in [-0.39, 0.29) is 51.0 Å². The first kappa shape index (κ1) is 33.2. The zero-order valence-electron chi connectivity index (χ0n) is 23.0. The Bertz CT molecular complexity index is 1220. The lowest BCUT2D eigenvalue weighted by molar-refractivity contribution is -0.142. The van der Waals surface area contributed by atoms with Crippen molar-refractivity contribution in [2.45, 2.75) is 62.7 Å². The topological polar surface area (TPSA) is 287 Å². The van der Waals surface area contributed by atoms with Crippen molar-refractivity contribution in [2.24, 2.45) is 27.9 Å². The molecule has 4 atom stereocenters. The molecule has 0 saturated carbocycles. The quantitative estimate of drug-likeness (QED) is 0.0498. The van der Waals surface area contributed by atoms with Gasteiger partial charge in [-0.15, -0.1) is 0 Å². The lowest BCUT2D eigenvalue weighted by Gasteiger charge is -2.25. The standard InChI is InChI=1S/C26H38N10O6/c27-17(11-15-5-2-1-3-6-15)22(38)36-20(12-16-13-31-14-33-16)24(40)34-18(7-4-10-32-26(29)30)23(39)35-19(25(41)42)8-9-21(28)37/h1-3,5-6,13-14,17-20H,4,7-12,27H2,(H2,28,37)(H,31,33)(H,34,40)(H,35,39)(H,36,38)(H,41,42)(H4,29,30,32). The van der Waals surface area contributed by atoms with Crippen molar-refractivity contribution >= 4 is 35.6 Å². The number of hydrogen-bond donors (Lipinski definition) is 9. The first-order valence-corrected chi connectivity index (χ1v) is 13.2. The summed E-state index contributed by atoms with van der Waals surface area (Å²) in [6, 6.07) is 4.30. The average Bonchev–Trinajstić information content (AvgIpc) is 3.45. The van der Waals surface area contributed by atoms with Crippen LogP contribution in [0.1, 0.15) is 36.9 Å². The fourth-order valence-electron chi connectivity index (χ4n) is 3.93. The number of carbonyl (C=O) groups excluding carboxylic acids is 4. The van der Waals surface area contributed by atoms with E-state index in [9.17, 15) is 29.1 Å². The minimum atomic E-state index is -1.43. The van der Waals surface area contributed by atoms with Crippen molar-refractivity contribution in [1.29, 1.82) is 0 Å². The number of carboxylic acid groups (broad SMARTS) is 1. The molecule has 1 heterocycles. The van der Waals surface area contributed by atoms with Crippen molar-refractivity contribution in [3.05, 3.63) is 54.1 Å². The molecule has 0 aliphatic heterocycles. The van der Waals surface area contributed by atoms with Crippen LogP contribution in [0.4, 0.5) is 0 Å². The number of hydrogen-bond acceptors (Lipinski definition) is 8. The van der Waals surface area contributed by atoms with Crippen molar-refractivity contribution in [1.82, 2.24) is 25.9 Å². The van der Waals surface area contributed by atoms with Gasteiger partial charge >= 0.3 is 5.97 Å². The van der Waals surface area contributed by atoms with Gasteiger partial charge in [0.2, 0.25) is 23.6 Å². The second-order valence-electron chi connectivity index (χ2n) is 9.55. The Morgan fingerprint density at radius 3 is 2.12 bits per heavy atom. The van der Waals surface area contributed by atoms with Crippen molar-refractivity contribution in [3.63, 3.8) is 0 Å². The first-order valence-electron chi connectivity index (χ1n) is 13.2. The Morgan fingerprint density at radius 2 is 1.52 bits per heavy atom. The van der Waals surface area contributed by atoms with E-state index in [1.165, 1.54) is 12.5 Å². The van der Waals surface area contributed by atoms with Gasteiger partial charge in [0.05, 0.1) is 12.4 Å². The van der Waals surface area contributed by atoms with Gasteiger partial charge in [-0.1, -0.05) is 30.3 Å². The molecule has 16 heteroatoms. The van der Waals surface area contributed by atoms with Gasteiger partial charge in [0.1, 0.15) is 18.1 Å². The van der Waals surface area contributed by atoms with Crippen LogP contribution in [-0.2, 0) is 36.8 Å². The number of H-pyrrole nitrogens is 1. The second-order valence-corrected chi connectivity index (χ2v) is 9.55. The summed E-state index contributed by atoms with van der Waals surface area (Å²) in [4.78, 5) is 73.0.